The maximum atomic E-state index is 9.55. The number of aliphatic hydroxyl groups excluding tert-OH is 1. The van der Waals surface area contributed by atoms with Crippen molar-refractivity contribution in [1.29, 1.82) is 0 Å². The molecule has 2 aromatic rings. The van der Waals surface area contributed by atoms with Gasteiger partial charge in [-0.25, -0.2) is 0 Å². The summed E-state index contributed by atoms with van der Waals surface area (Å²) >= 11 is -2.97. The maximum absolute atomic E-state index is 9.55. The van der Waals surface area contributed by atoms with E-state index in [0.717, 1.165) is 0 Å². The number of aliphatic hydroxyl groups is 1. The Morgan fingerprint density at radius 3 is 2.82 bits per heavy atom. The number of hydrogen-bond donors (Lipinski definition) is 2. The summed E-state index contributed by atoms with van der Waals surface area (Å²) in [4.78, 5) is 16.5. The zero-order chi connectivity index (χ0) is 15.5. The van der Waals surface area contributed by atoms with Crippen LogP contribution >= 0.6 is 0 Å². The van der Waals surface area contributed by atoms with Crippen LogP contribution in [0.25, 0.3) is 11.2 Å². The molecular weight excluding hydrogens is 397 g/mol. The van der Waals surface area contributed by atoms with Gasteiger partial charge in [-0.1, -0.05) is 0 Å². The Morgan fingerprint density at radius 1 is 1.27 bits per heavy atom. The van der Waals surface area contributed by atoms with Gasteiger partial charge in [0.1, 0.15) is 0 Å². The molecule has 2 fully saturated rings. The molecule has 118 valence electrons. The molecule has 9 nitrogen and oxygen atoms in total. The number of imidazole rings is 1. The molecule has 4 atom stereocenters. The van der Waals surface area contributed by atoms with Crippen molar-refractivity contribution in [3.63, 3.8) is 0 Å². The van der Waals surface area contributed by atoms with E-state index in [9.17, 15) is 5.11 Å². The second kappa shape index (κ2) is 4.99. The number of ether oxygens (including phenoxy) is 1. The molecule has 2 saturated heterocycles. The fraction of sp³-hybridized carbons (Fsp3) is 0.583. The van der Waals surface area contributed by atoms with Gasteiger partial charge >= 0.3 is 131 Å². The van der Waals surface area contributed by atoms with Crippen molar-refractivity contribution in [2.45, 2.75) is 34.4 Å². The number of nitrogens with zero attached hydrogens (tertiary/aromatic N) is 4. The Labute approximate surface area is 131 Å². The fourth-order valence-corrected chi connectivity index (χ4v) is 8.52. The minimum absolute atomic E-state index is 0.118. The Balaban J connectivity index is 1.77. The van der Waals surface area contributed by atoms with Crippen molar-refractivity contribution in [3.05, 3.63) is 12.7 Å². The molecule has 4 heterocycles. The van der Waals surface area contributed by atoms with Gasteiger partial charge in [-0.15, -0.1) is 0 Å². The molecule has 0 radical (unpaired) electrons. The minimum atomic E-state index is -2.97. The predicted octanol–water partition coefficient (Wildman–Crippen LogP) is -0.216. The molecule has 2 aliphatic heterocycles. The molecule has 0 unspecified atom stereocenters. The van der Waals surface area contributed by atoms with Crippen molar-refractivity contribution in [2.24, 2.45) is 0 Å². The van der Waals surface area contributed by atoms with E-state index < -0.39 is 31.5 Å². The van der Waals surface area contributed by atoms with Crippen LogP contribution in [0.4, 0.5) is 5.82 Å². The topological polar surface area (TPSA) is 118 Å². The number of aromatic nitrogens is 4. The molecule has 10 heteroatoms. The van der Waals surface area contributed by atoms with E-state index in [-0.39, 0.29) is 18.8 Å². The van der Waals surface area contributed by atoms with Crippen molar-refractivity contribution in [1.82, 2.24) is 19.5 Å². The van der Waals surface area contributed by atoms with Crippen LogP contribution in [0.3, 0.4) is 0 Å². The van der Waals surface area contributed by atoms with Crippen LogP contribution in [0.1, 0.15) is 6.23 Å². The number of hydrogen-bond acceptors (Lipinski definition) is 8. The third-order valence-corrected chi connectivity index (χ3v) is 8.76. The molecule has 22 heavy (non-hydrogen) atoms. The zero-order valence-corrected chi connectivity index (χ0v) is 15.1. The molecule has 0 aliphatic carbocycles. The van der Waals surface area contributed by atoms with Crippen LogP contribution in [0.5, 0.6) is 0 Å². The van der Waals surface area contributed by atoms with Crippen LogP contribution < -0.4 is 5.73 Å². The van der Waals surface area contributed by atoms with Crippen LogP contribution in [-0.4, -0.2) is 68.7 Å². The van der Waals surface area contributed by atoms with Crippen molar-refractivity contribution in [3.8, 4) is 0 Å². The first kappa shape index (κ1) is 14.6. The van der Waals surface area contributed by atoms with E-state index in [4.69, 9.17) is 16.6 Å². The predicted molar refractivity (Wildman–Crippen MR) is 78.0 cm³/mol. The third-order valence-electron chi connectivity index (χ3n) is 3.97. The molecule has 3 N–H and O–H groups in total. The fourth-order valence-electron chi connectivity index (χ4n) is 3.09. The van der Waals surface area contributed by atoms with Crippen LogP contribution in [0.15, 0.2) is 12.7 Å². The first-order chi connectivity index (χ1) is 10.5. The molecule has 4 rings (SSSR count). The average molecular weight is 414 g/mol. The van der Waals surface area contributed by atoms with Gasteiger partial charge in [0.05, 0.1) is 0 Å². The summed E-state index contributed by atoms with van der Waals surface area (Å²) in [6, 6.07) is 0. The number of rotatable bonds is 2. The summed E-state index contributed by atoms with van der Waals surface area (Å²) in [6.07, 6.45) is 1.63. The molecule has 0 saturated carbocycles. The van der Waals surface area contributed by atoms with Crippen molar-refractivity contribution < 1.29 is 16.0 Å². The van der Waals surface area contributed by atoms with Gasteiger partial charge in [0.15, 0.2) is 0 Å². The molecule has 0 amide bonds. The van der Waals surface area contributed by atoms with Crippen molar-refractivity contribution >= 4 is 36.2 Å². The van der Waals surface area contributed by atoms with E-state index in [0.29, 0.717) is 17.0 Å². The third kappa shape index (κ3) is 2.11. The summed E-state index contributed by atoms with van der Waals surface area (Å²) < 4.78 is 19.9. The second-order valence-electron chi connectivity index (χ2n) is 5.90. The molecular formula is C12H17N5O4Sn. The summed E-state index contributed by atoms with van der Waals surface area (Å²) in [5.41, 5.74) is 6.92. The first-order valence-corrected chi connectivity index (χ1v) is 15.1. The van der Waals surface area contributed by atoms with Gasteiger partial charge in [0, 0.05) is 0 Å². The van der Waals surface area contributed by atoms with Gasteiger partial charge < -0.3 is 0 Å². The Kier molecular flexibility index (Phi) is 3.31. The average Bonchev–Trinajstić information content (AvgIpc) is 3.10. The number of fused-ring (bicyclic) bond motifs is 2. The number of nitrogens with two attached hydrogens (primary N) is 1. The van der Waals surface area contributed by atoms with E-state index in [1.54, 1.807) is 10.9 Å². The van der Waals surface area contributed by atoms with Gasteiger partial charge in [-0.2, -0.15) is 0 Å². The van der Waals surface area contributed by atoms with Crippen LogP contribution in [0.2, 0.25) is 9.88 Å². The molecule has 0 spiro atoms. The quantitative estimate of drug-likeness (QED) is 0.649. The van der Waals surface area contributed by atoms with Gasteiger partial charge in [-0.05, 0) is 0 Å². The van der Waals surface area contributed by atoms with Crippen LogP contribution in [0, 0.1) is 0 Å². The van der Waals surface area contributed by atoms with E-state index in [1.165, 1.54) is 6.33 Å². The van der Waals surface area contributed by atoms with Crippen LogP contribution in [-0.2, 0) is 10.9 Å². The molecule has 0 aromatic carbocycles. The summed E-state index contributed by atoms with van der Waals surface area (Å²) in [6.45, 7) is -0.118. The normalized spacial score (nSPS) is 33.4. The summed E-state index contributed by atoms with van der Waals surface area (Å²) in [7, 11) is 0. The second-order valence-corrected chi connectivity index (χ2v) is 15.2. The Morgan fingerprint density at radius 2 is 2.05 bits per heavy atom. The Hall–Kier alpha value is -1.01. The standard InChI is InChI=1S/C10H11N5O4.2CH3.Sn/c11-8-5-9(13-2-12-8)15(3-14-5)10-7(18)6(17)4(1-16)19-10;;;/h2-4,6-7,10,16H,1H2,(H2,11,12,13);2*1H3;/q-2;;;+2/t4-,6+,7+,10-;;;/m0.../s1. The zero-order valence-electron chi connectivity index (χ0n) is 12.2. The van der Waals surface area contributed by atoms with Gasteiger partial charge in [-0.3, -0.25) is 0 Å². The Bertz CT molecular complexity index is 723. The summed E-state index contributed by atoms with van der Waals surface area (Å²) in [5.74, 6) is 0.320. The molecule has 2 aromatic heterocycles. The molecule has 2 aliphatic rings. The van der Waals surface area contributed by atoms with E-state index >= 15 is 0 Å². The monoisotopic (exact) mass is 415 g/mol. The van der Waals surface area contributed by atoms with E-state index in [2.05, 4.69) is 15.0 Å². The number of nitrogen functional groups attached to an aromatic ring is 1. The van der Waals surface area contributed by atoms with Gasteiger partial charge in [0.25, 0.3) is 0 Å². The first-order valence-electron chi connectivity index (χ1n) is 7.05. The number of anilines is 1. The molecule has 0 bridgehead atoms. The summed E-state index contributed by atoms with van der Waals surface area (Å²) in [5, 5.41) is 9.55. The van der Waals surface area contributed by atoms with Gasteiger partial charge in [0.2, 0.25) is 0 Å². The van der Waals surface area contributed by atoms with Crippen molar-refractivity contribution in [2.75, 3.05) is 12.3 Å². The SMILES string of the molecule is [CH3][Sn]1([CH3])[O][C@@H]2[C@H]([O]1)[C@H](CO)O[C@@H]2n1cnc2c(N)ncnc21. The van der Waals surface area contributed by atoms with E-state index in [1.807, 2.05) is 9.88 Å².